The van der Waals surface area contributed by atoms with E-state index in [9.17, 15) is 0 Å². The molecule has 0 bridgehead atoms. The van der Waals surface area contributed by atoms with Crippen molar-refractivity contribution in [2.75, 3.05) is 0 Å². The summed E-state index contributed by atoms with van der Waals surface area (Å²) in [5.41, 5.74) is 15.5. The zero-order valence-electron chi connectivity index (χ0n) is 34.9. The Hall–Kier alpha value is -8.08. The normalized spacial score (nSPS) is 12.7. The number of fused-ring (bicyclic) bond motifs is 7. The van der Waals surface area contributed by atoms with Gasteiger partial charge in [0, 0.05) is 33.1 Å². The van der Waals surface area contributed by atoms with E-state index in [1.165, 1.54) is 55.1 Å². The zero-order valence-corrected chi connectivity index (χ0v) is 34.9. The molecule has 0 saturated carbocycles. The molecular formula is C59H40N4. The lowest BCUT2D eigenvalue weighted by Crippen LogP contribution is -2.16. The van der Waals surface area contributed by atoms with Gasteiger partial charge in [0.2, 0.25) is 0 Å². The number of pyridine rings is 1. The van der Waals surface area contributed by atoms with Gasteiger partial charge in [-0.2, -0.15) is 0 Å². The fourth-order valence-corrected chi connectivity index (χ4v) is 9.69. The fraction of sp³-hybridized carbons (Fsp3) is 0.0508. The molecule has 0 fully saturated rings. The molecule has 0 atom stereocenters. The summed E-state index contributed by atoms with van der Waals surface area (Å²) in [4.78, 5) is 20.8. The zero-order chi connectivity index (χ0) is 42.1. The molecule has 1 aliphatic rings. The van der Waals surface area contributed by atoms with Gasteiger partial charge in [0.1, 0.15) is 0 Å². The van der Waals surface area contributed by atoms with Crippen LogP contribution in [-0.4, -0.2) is 19.9 Å². The van der Waals surface area contributed by atoms with Crippen LogP contribution in [0.25, 0.3) is 111 Å². The van der Waals surface area contributed by atoms with Gasteiger partial charge in [-0.15, -0.1) is 0 Å². The van der Waals surface area contributed by atoms with Crippen molar-refractivity contribution in [3.05, 3.63) is 217 Å². The minimum Gasteiger partial charge on any atom is -0.247 e. The van der Waals surface area contributed by atoms with Crippen LogP contribution in [0.4, 0.5) is 0 Å². The monoisotopic (exact) mass is 804 g/mol. The maximum Gasteiger partial charge on any atom is 0.164 e. The largest absolute Gasteiger partial charge is 0.247 e. The maximum absolute atomic E-state index is 5.41. The van der Waals surface area contributed by atoms with Crippen LogP contribution >= 0.6 is 0 Å². The van der Waals surface area contributed by atoms with Gasteiger partial charge in [-0.25, -0.2) is 19.9 Å². The van der Waals surface area contributed by atoms with E-state index >= 15 is 0 Å². The van der Waals surface area contributed by atoms with Crippen molar-refractivity contribution in [1.29, 1.82) is 0 Å². The lowest BCUT2D eigenvalue weighted by atomic mass is 9.78. The summed E-state index contributed by atoms with van der Waals surface area (Å²) in [5.74, 6) is 1.89. The van der Waals surface area contributed by atoms with Crippen LogP contribution in [0.2, 0.25) is 0 Å². The Kier molecular flexibility index (Phi) is 8.48. The molecule has 0 radical (unpaired) electrons. The topological polar surface area (TPSA) is 51.6 Å². The summed E-state index contributed by atoms with van der Waals surface area (Å²) >= 11 is 0. The molecule has 2 heterocycles. The highest BCUT2D eigenvalue weighted by Gasteiger charge is 2.39. The van der Waals surface area contributed by atoms with Gasteiger partial charge in [0.05, 0.1) is 11.2 Å². The number of benzene rings is 9. The molecule has 0 spiro atoms. The van der Waals surface area contributed by atoms with Crippen LogP contribution in [0.3, 0.4) is 0 Å². The Balaban J connectivity index is 0.993. The Labute approximate surface area is 366 Å². The second-order valence-electron chi connectivity index (χ2n) is 17.0. The van der Waals surface area contributed by atoms with E-state index in [0.29, 0.717) is 17.5 Å². The Morgan fingerprint density at radius 3 is 1.44 bits per heavy atom. The highest BCUT2D eigenvalue weighted by Crippen LogP contribution is 2.54. The molecule has 0 unspecified atom stereocenters. The van der Waals surface area contributed by atoms with Crippen LogP contribution < -0.4 is 0 Å². The van der Waals surface area contributed by atoms with Crippen LogP contribution in [0.1, 0.15) is 25.0 Å². The average Bonchev–Trinajstić information content (AvgIpc) is 3.58. The Morgan fingerprint density at radius 2 is 0.810 bits per heavy atom. The van der Waals surface area contributed by atoms with Crippen molar-refractivity contribution >= 4 is 32.4 Å². The van der Waals surface area contributed by atoms with E-state index in [1.807, 2.05) is 12.1 Å². The summed E-state index contributed by atoms with van der Waals surface area (Å²) in [6.07, 6.45) is 0. The third kappa shape index (κ3) is 6.22. The van der Waals surface area contributed by atoms with Gasteiger partial charge in [-0.05, 0) is 84.3 Å². The Bertz CT molecular complexity index is 3460. The molecule has 296 valence electrons. The molecule has 2 aromatic heterocycles. The molecule has 11 aromatic rings. The molecular weight excluding hydrogens is 765 g/mol. The molecule has 9 aromatic carbocycles. The molecule has 4 heteroatoms. The lowest BCUT2D eigenvalue weighted by molar-refractivity contribution is 0.662. The maximum atomic E-state index is 5.41. The molecule has 4 nitrogen and oxygen atoms in total. The molecule has 12 rings (SSSR count). The molecule has 0 aliphatic heterocycles. The standard InChI is InChI=1S/C59H40N4/c1-59(2)50-20-12-11-19-49(50)55-54(59)52(53-48-18-10-9-17-41(48)33-34-51(53)60-55)46-31-29-45-36-47(32-30-44(45)35-46)58-62-56(42-25-21-39(22-26-42)37-13-5-3-6-14-37)61-57(63-58)43-27-23-40(24-28-43)38-15-7-4-8-16-38/h3-36H,1-2H3. The van der Waals surface area contributed by atoms with E-state index in [-0.39, 0.29) is 5.41 Å². The van der Waals surface area contributed by atoms with Crippen molar-refractivity contribution in [2.24, 2.45) is 0 Å². The fourth-order valence-electron chi connectivity index (χ4n) is 9.69. The third-order valence-electron chi connectivity index (χ3n) is 12.9. The van der Waals surface area contributed by atoms with Crippen LogP contribution in [0, 0.1) is 0 Å². The first-order valence-electron chi connectivity index (χ1n) is 21.5. The van der Waals surface area contributed by atoms with Crippen LogP contribution in [-0.2, 0) is 5.41 Å². The molecule has 0 saturated heterocycles. The third-order valence-corrected chi connectivity index (χ3v) is 12.9. The van der Waals surface area contributed by atoms with Gasteiger partial charge in [0.25, 0.3) is 0 Å². The van der Waals surface area contributed by atoms with Crippen molar-refractivity contribution < 1.29 is 0 Å². The predicted molar refractivity (Wildman–Crippen MR) is 260 cm³/mol. The van der Waals surface area contributed by atoms with E-state index < -0.39 is 0 Å². The molecule has 1 aliphatic carbocycles. The van der Waals surface area contributed by atoms with E-state index in [0.717, 1.165) is 49.8 Å². The minimum atomic E-state index is -0.240. The van der Waals surface area contributed by atoms with Crippen LogP contribution in [0.5, 0.6) is 0 Å². The highest BCUT2D eigenvalue weighted by molar-refractivity contribution is 6.16. The lowest BCUT2D eigenvalue weighted by Gasteiger charge is -2.26. The summed E-state index contributed by atoms with van der Waals surface area (Å²) in [7, 11) is 0. The average molecular weight is 805 g/mol. The van der Waals surface area contributed by atoms with Crippen molar-refractivity contribution in [3.63, 3.8) is 0 Å². The first kappa shape index (κ1) is 36.7. The first-order chi connectivity index (χ1) is 31.0. The number of hydrogen-bond acceptors (Lipinski definition) is 4. The number of rotatable bonds is 6. The van der Waals surface area contributed by atoms with Crippen molar-refractivity contribution in [1.82, 2.24) is 19.9 Å². The van der Waals surface area contributed by atoms with Gasteiger partial charge in [-0.1, -0.05) is 202 Å². The summed E-state index contributed by atoms with van der Waals surface area (Å²) in [5, 5.41) is 5.88. The summed E-state index contributed by atoms with van der Waals surface area (Å²) < 4.78 is 0. The molecule has 0 amide bonds. The number of hydrogen-bond donors (Lipinski definition) is 0. The number of nitrogens with zero attached hydrogens (tertiary/aromatic N) is 4. The van der Waals surface area contributed by atoms with Gasteiger partial charge in [-0.3, -0.25) is 0 Å². The first-order valence-corrected chi connectivity index (χ1v) is 21.5. The smallest absolute Gasteiger partial charge is 0.164 e. The van der Waals surface area contributed by atoms with Gasteiger partial charge >= 0.3 is 0 Å². The highest BCUT2D eigenvalue weighted by atomic mass is 15.0. The van der Waals surface area contributed by atoms with Gasteiger partial charge < -0.3 is 0 Å². The van der Waals surface area contributed by atoms with Gasteiger partial charge in [0.15, 0.2) is 17.5 Å². The second-order valence-corrected chi connectivity index (χ2v) is 17.0. The summed E-state index contributed by atoms with van der Waals surface area (Å²) in [6, 6.07) is 73.1. The summed E-state index contributed by atoms with van der Waals surface area (Å²) in [6.45, 7) is 4.69. The SMILES string of the molecule is CC1(C)c2ccccc2-c2nc3ccc4ccccc4c3c(-c3ccc4cc(-c5nc(-c6ccc(-c7ccccc7)cc6)nc(-c6ccc(-c7ccccc7)cc6)n5)ccc4c3)c21. The van der Waals surface area contributed by atoms with Crippen LogP contribution in [0.15, 0.2) is 206 Å². The Morgan fingerprint density at radius 1 is 0.349 bits per heavy atom. The molecule has 63 heavy (non-hydrogen) atoms. The van der Waals surface area contributed by atoms with Crippen molar-refractivity contribution in [2.45, 2.75) is 19.3 Å². The van der Waals surface area contributed by atoms with E-state index in [2.05, 4.69) is 208 Å². The molecule has 0 N–H and O–H groups in total. The second kappa shape index (κ2) is 14.5. The quantitative estimate of drug-likeness (QED) is 0.157. The minimum absolute atomic E-state index is 0.240. The predicted octanol–water partition coefficient (Wildman–Crippen LogP) is 15.0. The van der Waals surface area contributed by atoms with E-state index in [1.54, 1.807) is 0 Å². The van der Waals surface area contributed by atoms with E-state index in [4.69, 9.17) is 19.9 Å². The van der Waals surface area contributed by atoms with Crippen molar-refractivity contribution in [3.8, 4) is 78.8 Å². The number of aromatic nitrogens is 4.